The number of Topliss-reactive ketones (excluding diaryl/α,β-unsaturated/α-hetero) is 2. The molecule has 44 heavy (non-hydrogen) atoms. The van der Waals surface area contributed by atoms with E-state index in [-0.39, 0.29) is 37.1 Å². The molecule has 246 valence electrons. The van der Waals surface area contributed by atoms with Crippen molar-refractivity contribution in [1.82, 2.24) is 0 Å². The first-order chi connectivity index (χ1) is 19.9. The molecule has 2 aromatic rings. The largest absolute Gasteiger partial charge is 0.382 e. The van der Waals surface area contributed by atoms with Crippen LogP contribution in [0.5, 0.6) is 0 Å². The van der Waals surface area contributed by atoms with E-state index in [0.717, 1.165) is 0 Å². The maximum Gasteiger partial charge on any atom is 0.382 e. The first-order valence-corrected chi connectivity index (χ1v) is 15.6. The minimum absolute atomic E-state index is 0.0324. The molecule has 0 aliphatic heterocycles. The van der Waals surface area contributed by atoms with Crippen molar-refractivity contribution in [3.8, 4) is 0 Å². The lowest BCUT2D eigenvalue weighted by Gasteiger charge is -2.37. The molecule has 0 heterocycles. The average Bonchev–Trinajstić information content (AvgIpc) is 2.92. The van der Waals surface area contributed by atoms with E-state index in [0.29, 0.717) is 24.3 Å². The Hall–Kier alpha value is -2.96. The van der Waals surface area contributed by atoms with E-state index in [2.05, 4.69) is 0 Å². The smallest absolute Gasteiger partial charge is 0.293 e. The van der Waals surface area contributed by atoms with Crippen LogP contribution in [0.15, 0.2) is 48.5 Å². The van der Waals surface area contributed by atoms with Gasteiger partial charge < -0.3 is 0 Å². The number of ketones is 2. The summed E-state index contributed by atoms with van der Waals surface area (Å²) in [7, 11) is -9.95. The number of rotatable bonds is 15. The molecule has 2 N–H and O–H groups in total. The second kappa shape index (κ2) is 12.8. The normalized spacial score (nSPS) is 15.1. The Labute approximate surface area is 247 Å². The quantitative estimate of drug-likeness (QED) is 0.126. The zero-order valence-corrected chi connectivity index (χ0v) is 24.4. The van der Waals surface area contributed by atoms with Crippen molar-refractivity contribution in [1.29, 1.82) is 0 Å². The summed E-state index contributed by atoms with van der Waals surface area (Å²) in [5.41, 5.74) is -5.26. The van der Waals surface area contributed by atoms with Crippen LogP contribution >= 0.6 is 0 Å². The van der Waals surface area contributed by atoms with Crippen LogP contribution in [0.1, 0.15) is 71.4 Å². The monoisotopic (exact) mass is 682 g/mol. The zero-order valence-electron chi connectivity index (χ0n) is 22.8. The van der Waals surface area contributed by atoms with Crippen molar-refractivity contribution in [2.45, 2.75) is 73.7 Å². The molecule has 0 aliphatic rings. The molecule has 0 bridgehead atoms. The van der Waals surface area contributed by atoms with Gasteiger partial charge in [-0.3, -0.25) is 18.7 Å². The lowest BCUT2D eigenvalue weighted by atomic mass is 9.89. The third-order valence-electron chi connectivity index (χ3n) is 6.65. The van der Waals surface area contributed by atoms with Gasteiger partial charge >= 0.3 is 23.7 Å². The van der Waals surface area contributed by atoms with Gasteiger partial charge in [-0.15, -0.1) is 0 Å². The highest BCUT2D eigenvalue weighted by atomic mass is 32.2. The zero-order chi connectivity index (χ0) is 34.1. The number of hydrogen-bond acceptors (Lipinski definition) is 6. The number of carbonyl (C=O) groups excluding carboxylic acids is 2. The van der Waals surface area contributed by atoms with Crippen molar-refractivity contribution in [2.75, 3.05) is 0 Å². The van der Waals surface area contributed by atoms with Gasteiger partial charge in [-0.1, -0.05) is 75.2 Å². The fourth-order valence-electron chi connectivity index (χ4n) is 4.17. The van der Waals surface area contributed by atoms with Crippen molar-refractivity contribution in [3.63, 3.8) is 0 Å². The molecule has 0 saturated heterocycles. The molecular formula is C26H26F8O8S2. The number of alkyl halides is 8. The Morgan fingerprint density at radius 1 is 0.591 bits per heavy atom. The molecule has 2 unspecified atom stereocenters. The number of halogens is 8. The topological polar surface area (TPSA) is 143 Å². The second-order valence-electron chi connectivity index (χ2n) is 9.77. The Kier molecular flexibility index (Phi) is 10.8. The first-order valence-electron chi connectivity index (χ1n) is 12.6. The van der Waals surface area contributed by atoms with Crippen LogP contribution in [-0.4, -0.2) is 59.9 Å². The first kappa shape index (κ1) is 37.2. The summed E-state index contributed by atoms with van der Waals surface area (Å²) in [6.07, 6.45) is -0.705. The van der Waals surface area contributed by atoms with Crippen LogP contribution in [0.25, 0.3) is 0 Å². The molecule has 2 rings (SSSR count). The summed E-state index contributed by atoms with van der Waals surface area (Å²) in [6, 6.07) is 1.63. The molecule has 0 amide bonds. The van der Waals surface area contributed by atoms with Crippen molar-refractivity contribution in [3.05, 3.63) is 70.8 Å². The summed E-state index contributed by atoms with van der Waals surface area (Å²) in [5, 5.41) is -4.09. The number of benzene rings is 2. The minimum atomic E-state index is -6.81. The lowest BCUT2D eigenvalue weighted by Crippen LogP contribution is -2.59. The summed E-state index contributed by atoms with van der Waals surface area (Å²) >= 11 is 0. The van der Waals surface area contributed by atoms with E-state index in [4.69, 9.17) is 0 Å². The Morgan fingerprint density at radius 2 is 0.841 bits per heavy atom. The molecule has 18 heteroatoms. The SMILES string of the molecule is CCCC(C(=O)c1ccc(C(F)(F)C(F)(F)C(F)(F)C(F)(F)c2ccc(C(=O)C(CCC)S(=O)(=O)O)cc2)cc1)S(=O)(=O)O. The third kappa shape index (κ3) is 6.97. The van der Waals surface area contributed by atoms with Crippen molar-refractivity contribution < 1.29 is 70.7 Å². The van der Waals surface area contributed by atoms with Gasteiger partial charge in [0, 0.05) is 22.3 Å². The molecular weight excluding hydrogens is 656 g/mol. The Bertz CT molecular complexity index is 1460. The summed E-state index contributed by atoms with van der Waals surface area (Å²) in [4.78, 5) is 24.8. The Morgan fingerprint density at radius 3 is 1.05 bits per heavy atom. The predicted octanol–water partition coefficient (Wildman–Crippen LogP) is 6.32. The van der Waals surface area contributed by atoms with Gasteiger partial charge in [0.1, 0.15) is 10.5 Å². The van der Waals surface area contributed by atoms with Gasteiger partial charge in [0.25, 0.3) is 20.2 Å². The molecule has 2 aromatic carbocycles. The van der Waals surface area contributed by atoms with Gasteiger partial charge in [0.2, 0.25) is 0 Å². The summed E-state index contributed by atoms with van der Waals surface area (Å²) in [6.45, 7) is 2.88. The van der Waals surface area contributed by atoms with Crippen LogP contribution in [0, 0.1) is 0 Å². The van der Waals surface area contributed by atoms with Crippen molar-refractivity contribution in [2.24, 2.45) is 0 Å². The molecule has 2 atom stereocenters. The minimum Gasteiger partial charge on any atom is -0.293 e. The molecule has 0 aliphatic carbocycles. The fourth-order valence-corrected chi connectivity index (χ4v) is 6.05. The van der Waals surface area contributed by atoms with Crippen molar-refractivity contribution >= 4 is 31.8 Å². The summed E-state index contributed by atoms with van der Waals surface area (Å²) < 4.78 is 182. The van der Waals surface area contributed by atoms with Crippen LogP contribution in [0.2, 0.25) is 0 Å². The standard InChI is InChI=1S/C26H26F8O8S2/c1-3-5-19(43(37,38)39)21(35)15-7-11-17(12-8-15)23(27,28)25(31,32)26(33,34)24(29,30)18-13-9-16(10-14-18)22(36)20(6-4-2)44(40,41)42/h7-14,19-20H,3-6H2,1-2H3,(H,37,38,39)(H,40,41,42). The van der Waals surface area contributed by atoms with E-state index in [1.54, 1.807) is 0 Å². The maximum absolute atomic E-state index is 14.8. The highest BCUT2D eigenvalue weighted by Gasteiger charge is 2.81. The van der Waals surface area contributed by atoms with Crippen LogP contribution in [-0.2, 0) is 32.1 Å². The van der Waals surface area contributed by atoms with Gasteiger partial charge in [0.15, 0.2) is 11.6 Å². The second-order valence-corrected chi connectivity index (χ2v) is 13.0. The highest BCUT2D eigenvalue weighted by Crippen LogP contribution is 2.59. The van der Waals surface area contributed by atoms with E-state index in [1.165, 1.54) is 13.8 Å². The molecule has 0 fully saturated rings. The predicted molar refractivity (Wildman–Crippen MR) is 140 cm³/mol. The van der Waals surface area contributed by atoms with Crippen LogP contribution in [0.4, 0.5) is 35.1 Å². The van der Waals surface area contributed by atoms with Gasteiger partial charge in [-0.25, -0.2) is 0 Å². The number of carbonyl (C=O) groups is 2. The molecule has 0 saturated carbocycles. The van der Waals surface area contributed by atoms with E-state index < -0.39 is 101 Å². The maximum atomic E-state index is 14.8. The summed E-state index contributed by atoms with van der Waals surface area (Å²) in [5.74, 6) is -28.3. The van der Waals surface area contributed by atoms with Crippen LogP contribution in [0.3, 0.4) is 0 Å². The fraction of sp³-hybridized carbons (Fsp3) is 0.462. The van der Waals surface area contributed by atoms with Gasteiger partial charge in [-0.05, 0) is 12.8 Å². The molecule has 0 spiro atoms. The van der Waals surface area contributed by atoms with Gasteiger partial charge in [0.05, 0.1) is 0 Å². The molecule has 8 nitrogen and oxygen atoms in total. The average molecular weight is 683 g/mol. The van der Waals surface area contributed by atoms with E-state index in [9.17, 15) is 70.7 Å². The number of hydrogen-bond donors (Lipinski definition) is 2. The van der Waals surface area contributed by atoms with E-state index in [1.807, 2.05) is 0 Å². The third-order valence-corrected chi connectivity index (χ3v) is 8.99. The highest BCUT2D eigenvalue weighted by molar-refractivity contribution is 7.87. The van der Waals surface area contributed by atoms with Gasteiger partial charge in [-0.2, -0.15) is 52.0 Å². The van der Waals surface area contributed by atoms with Crippen LogP contribution < -0.4 is 0 Å². The lowest BCUT2D eigenvalue weighted by molar-refractivity contribution is -0.374. The molecule has 0 aromatic heterocycles. The van der Waals surface area contributed by atoms with E-state index >= 15 is 0 Å². The molecule has 0 radical (unpaired) electrons. The Balaban J connectivity index is 2.45.